The third kappa shape index (κ3) is 5.57. The maximum Gasteiger partial charge on any atom is 0.252 e. The second kappa shape index (κ2) is 14.4. The minimum Gasteiger partial charge on any atom is -0.311 e. The molecule has 4 heteroatoms. The van der Waals surface area contributed by atoms with Gasteiger partial charge in [0.15, 0.2) is 8.07 Å². The van der Waals surface area contributed by atoms with E-state index in [0.717, 1.165) is 11.4 Å². The van der Waals surface area contributed by atoms with Gasteiger partial charge < -0.3 is 9.80 Å². The molecule has 2 heterocycles. The molecule has 2 aliphatic heterocycles. The summed E-state index contributed by atoms with van der Waals surface area (Å²) in [7, 11) is -3.01. The van der Waals surface area contributed by atoms with Crippen molar-refractivity contribution < 1.29 is 0 Å². The summed E-state index contributed by atoms with van der Waals surface area (Å²) >= 11 is 0. The van der Waals surface area contributed by atoms with E-state index in [4.69, 9.17) is 0 Å². The summed E-state index contributed by atoms with van der Waals surface area (Å²) in [4.78, 5) is 5.18. The van der Waals surface area contributed by atoms with Crippen LogP contribution in [0.15, 0.2) is 224 Å². The first-order valence-corrected chi connectivity index (χ1v) is 23.7. The molecule has 10 aromatic carbocycles. The average molecular weight is 807 g/mol. The predicted octanol–water partition coefficient (Wildman–Crippen LogP) is 10.1. The predicted molar refractivity (Wildman–Crippen MR) is 269 cm³/mol. The molecule has 0 saturated heterocycles. The fourth-order valence-electron chi connectivity index (χ4n) is 10.7. The Labute approximate surface area is 365 Å². The Hall–Kier alpha value is -7.40. The Morgan fingerprint density at radius 2 is 0.694 bits per heavy atom. The fraction of sp³-hybridized carbons (Fsp3) is 0.0345. The lowest BCUT2D eigenvalue weighted by molar-refractivity contribution is 1.25. The second-order valence-corrected chi connectivity index (χ2v) is 20.9. The van der Waals surface area contributed by atoms with Crippen LogP contribution in [0, 0.1) is 13.8 Å². The molecule has 12 rings (SSSR count). The van der Waals surface area contributed by atoms with Gasteiger partial charge >= 0.3 is 0 Å². The monoisotopic (exact) mass is 806 g/mol. The minimum atomic E-state index is -3.01. The lowest BCUT2D eigenvalue weighted by atomic mass is 9.33. The average Bonchev–Trinajstić information content (AvgIpc) is 3.31. The van der Waals surface area contributed by atoms with Crippen molar-refractivity contribution in [3.05, 3.63) is 236 Å². The molecule has 0 N–H and O–H groups in total. The highest BCUT2D eigenvalue weighted by Crippen LogP contribution is 2.45. The van der Waals surface area contributed by atoms with Crippen molar-refractivity contribution in [1.29, 1.82) is 0 Å². The largest absolute Gasteiger partial charge is 0.311 e. The van der Waals surface area contributed by atoms with Crippen LogP contribution in [0.1, 0.15) is 11.1 Å². The van der Waals surface area contributed by atoms with Crippen LogP contribution in [-0.2, 0) is 0 Å². The molecule has 0 aromatic heterocycles. The molecule has 0 atom stereocenters. The number of hydrogen-bond donors (Lipinski definition) is 0. The lowest BCUT2D eigenvalue weighted by Gasteiger charge is -2.46. The van der Waals surface area contributed by atoms with Crippen molar-refractivity contribution in [3.8, 4) is 0 Å². The maximum atomic E-state index is 2.60. The molecule has 0 saturated carbocycles. The van der Waals surface area contributed by atoms with Crippen molar-refractivity contribution in [2.45, 2.75) is 13.8 Å². The smallest absolute Gasteiger partial charge is 0.252 e. The third-order valence-electron chi connectivity index (χ3n) is 13.4. The molecule has 292 valence electrons. The number of anilines is 6. The lowest BCUT2D eigenvalue weighted by Crippen LogP contribution is -2.75. The number of hydrogen-bond acceptors (Lipinski definition) is 2. The summed E-state index contributed by atoms with van der Waals surface area (Å²) in [6.07, 6.45) is 0. The van der Waals surface area contributed by atoms with Crippen LogP contribution in [0.4, 0.5) is 34.1 Å². The Balaban J connectivity index is 1.30. The Morgan fingerprint density at radius 3 is 1.08 bits per heavy atom. The highest BCUT2D eigenvalue weighted by Gasteiger charge is 2.48. The van der Waals surface area contributed by atoms with E-state index < -0.39 is 8.07 Å². The van der Waals surface area contributed by atoms with E-state index in [9.17, 15) is 0 Å². The van der Waals surface area contributed by atoms with Gasteiger partial charge in [0, 0.05) is 34.1 Å². The quantitative estimate of drug-likeness (QED) is 0.122. The summed E-state index contributed by atoms with van der Waals surface area (Å²) in [5, 5.41) is 10.4. The van der Waals surface area contributed by atoms with Crippen LogP contribution in [-0.4, -0.2) is 14.8 Å². The Bertz CT molecular complexity index is 3090. The van der Waals surface area contributed by atoms with Crippen molar-refractivity contribution in [2.24, 2.45) is 0 Å². The van der Waals surface area contributed by atoms with Gasteiger partial charge in [0.05, 0.1) is 0 Å². The van der Waals surface area contributed by atoms with Crippen LogP contribution in [0.2, 0.25) is 0 Å². The van der Waals surface area contributed by atoms with Gasteiger partial charge in [-0.2, -0.15) is 0 Å². The van der Waals surface area contributed by atoms with Gasteiger partial charge in [-0.25, -0.2) is 0 Å². The first-order valence-electron chi connectivity index (χ1n) is 21.7. The molecule has 0 fully saturated rings. The van der Waals surface area contributed by atoms with Gasteiger partial charge in [0.2, 0.25) is 0 Å². The van der Waals surface area contributed by atoms with E-state index in [0.29, 0.717) is 0 Å². The highest BCUT2D eigenvalue weighted by atomic mass is 28.3. The molecular weight excluding hydrogens is 764 g/mol. The molecule has 0 spiro atoms. The van der Waals surface area contributed by atoms with Crippen molar-refractivity contribution in [1.82, 2.24) is 0 Å². The SMILES string of the molecule is Cc1cccc(N2c3cc4ccccc4cc3B3c4cc5ccccc5cc4N(c4cccc(C)c4)c4cc([Si](c5ccccc5)(c5ccccc5)c5ccccc5)cc2c43)c1. The zero-order valence-corrected chi connectivity index (χ0v) is 35.8. The summed E-state index contributed by atoms with van der Waals surface area (Å²) in [5.74, 6) is 0. The number of benzene rings is 10. The molecular formula is C58H43BN2Si. The molecule has 0 bridgehead atoms. The van der Waals surface area contributed by atoms with Gasteiger partial charge in [0.1, 0.15) is 0 Å². The van der Waals surface area contributed by atoms with E-state index in [2.05, 4.69) is 248 Å². The molecule has 2 nitrogen and oxygen atoms in total. The molecule has 0 radical (unpaired) electrons. The maximum absolute atomic E-state index is 3.01. The van der Waals surface area contributed by atoms with Crippen LogP contribution in [0.5, 0.6) is 0 Å². The Morgan fingerprint density at radius 1 is 0.323 bits per heavy atom. The first-order chi connectivity index (χ1) is 30.6. The van der Waals surface area contributed by atoms with Crippen molar-refractivity contribution in [2.75, 3.05) is 9.80 Å². The van der Waals surface area contributed by atoms with Crippen molar-refractivity contribution in [3.63, 3.8) is 0 Å². The van der Waals surface area contributed by atoms with E-state index in [1.54, 1.807) is 0 Å². The number of rotatable bonds is 6. The fourth-order valence-corrected chi connectivity index (χ4v) is 15.5. The van der Waals surface area contributed by atoms with Gasteiger partial charge in [-0.3, -0.25) is 0 Å². The molecule has 62 heavy (non-hydrogen) atoms. The highest BCUT2D eigenvalue weighted by molar-refractivity contribution is 7.20. The number of nitrogens with zero attached hydrogens (tertiary/aromatic N) is 2. The topological polar surface area (TPSA) is 6.48 Å². The standard InChI is InChI=1S/C58H43BN2Si/c1-40-18-16-24-46(32-40)60-54-36-44-22-14-12-20-42(44)34-52(54)59-53-35-43-21-13-15-23-45(43)37-55(53)61(47-25-17-19-41(2)33-47)57-39-51(38-56(60)58(57)59)62(48-26-6-3-7-27-48,49-28-8-4-9-29-49)50-30-10-5-11-31-50/h3-39H,1-2H3. The molecule has 0 amide bonds. The van der Waals surface area contributed by atoms with Crippen LogP contribution >= 0.6 is 0 Å². The van der Waals surface area contributed by atoms with Gasteiger partial charge in [-0.15, -0.1) is 0 Å². The third-order valence-corrected chi connectivity index (χ3v) is 18.1. The van der Waals surface area contributed by atoms with Crippen LogP contribution in [0.3, 0.4) is 0 Å². The van der Waals surface area contributed by atoms with E-state index in [1.165, 1.54) is 92.6 Å². The Kier molecular flexibility index (Phi) is 8.45. The van der Waals surface area contributed by atoms with E-state index >= 15 is 0 Å². The molecule has 0 unspecified atom stereocenters. The zero-order valence-electron chi connectivity index (χ0n) is 34.8. The second-order valence-electron chi connectivity index (χ2n) is 17.1. The van der Waals surface area contributed by atoms with Gasteiger partial charge in [0.25, 0.3) is 6.71 Å². The zero-order chi connectivity index (χ0) is 41.4. The molecule has 0 aliphatic carbocycles. The molecule has 10 aromatic rings. The van der Waals surface area contributed by atoms with E-state index in [-0.39, 0.29) is 6.71 Å². The van der Waals surface area contributed by atoms with Crippen LogP contribution in [0.25, 0.3) is 21.5 Å². The van der Waals surface area contributed by atoms with E-state index in [1.807, 2.05) is 0 Å². The number of fused-ring (bicyclic) bond motifs is 6. The first kappa shape index (κ1) is 36.5. The van der Waals surface area contributed by atoms with Gasteiger partial charge in [-0.05, 0) is 132 Å². The minimum absolute atomic E-state index is 0.0170. The summed E-state index contributed by atoms with van der Waals surface area (Å²) in [6.45, 7) is 4.40. The van der Waals surface area contributed by atoms with Gasteiger partial charge in [-0.1, -0.05) is 176 Å². The van der Waals surface area contributed by atoms with Crippen LogP contribution < -0.4 is 46.9 Å². The molecule has 2 aliphatic rings. The summed E-state index contributed by atoms with van der Waals surface area (Å²) in [6, 6.07) is 85.0. The normalized spacial score (nSPS) is 12.9. The summed E-state index contributed by atoms with van der Waals surface area (Å²) < 4.78 is 0. The summed E-state index contributed by atoms with van der Waals surface area (Å²) in [5.41, 5.74) is 13.7. The number of aryl methyl sites for hydroxylation is 2. The van der Waals surface area contributed by atoms with Crippen molar-refractivity contribution >= 4 is 108 Å².